The zero-order valence-corrected chi connectivity index (χ0v) is 9.85. The van der Waals surface area contributed by atoms with Gasteiger partial charge in [-0.25, -0.2) is 14.5 Å². The molecule has 6 heteroatoms. The van der Waals surface area contributed by atoms with Gasteiger partial charge in [-0.2, -0.15) is 5.10 Å². The number of carboxylic acids is 1. The Bertz CT molecular complexity index is 551. The van der Waals surface area contributed by atoms with E-state index in [1.54, 1.807) is 24.4 Å². The third-order valence-corrected chi connectivity index (χ3v) is 2.67. The van der Waals surface area contributed by atoms with Crippen LogP contribution in [0.3, 0.4) is 0 Å². The van der Waals surface area contributed by atoms with Crippen LogP contribution in [0, 0.1) is 0 Å². The van der Waals surface area contributed by atoms with Gasteiger partial charge in [-0.1, -0.05) is 24.6 Å². The second-order valence-corrected chi connectivity index (χ2v) is 3.73. The van der Waals surface area contributed by atoms with Gasteiger partial charge in [0.15, 0.2) is 5.82 Å². The first-order valence-corrected chi connectivity index (χ1v) is 5.45. The number of carboxylic acid groups (broad SMARTS) is 1. The number of carbonyl (C=O) groups is 1. The molecule has 1 N–H and O–H groups in total. The Labute approximate surface area is 103 Å². The van der Waals surface area contributed by atoms with E-state index < -0.39 is 5.97 Å². The third kappa shape index (κ3) is 2.01. The van der Waals surface area contributed by atoms with E-state index in [0.717, 1.165) is 0 Å². The summed E-state index contributed by atoms with van der Waals surface area (Å²) in [4.78, 5) is 15.2. The molecule has 0 saturated heterocycles. The minimum atomic E-state index is -1.07. The number of hydrogen-bond acceptors (Lipinski definition) is 3. The largest absolute Gasteiger partial charge is 0.478 e. The number of rotatable bonds is 3. The molecule has 17 heavy (non-hydrogen) atoms. The van der Waals surface area contributed by atoms with Gasteiger partial charge in [0, 0.05) is 6.20 Å². The fourth-order valence-electron chi connectivity index (χ4n) is 1.53. The van der Waals surface area contributed by atoms with Gasteiger partial charge in [0.1, 0.15) is 10.7 Å². The summed E-state index contributed by atoms with van der Waals surface area (Å²) in [6.45, 7) is 1.83. The van der Waals surface area contributed by atoms with Crippen LogP contribution in [0.1, 0.15) is 23.0 Å². The molecular formula is C11H10ClN3O2. The van der Waals surface area contributed by atoms with Crippen LogP contribution < -0.4 is 0 Å². The van der Waals surface area contributed by atoms with Crippen LogP contribution in [-0.4, -0.2) is 25.8 Å². The highest BCUT2D eigenvalue weighted by atomic mass is 35.5. The van der Waals surface area contributed by atoms with Crippen LogP contribution in [0.2, 0.25) is 5.15 Å². The Morgan fingerprint density at radius 3 is 2.76 bits per heavy atom. The zero-order chi connectivity index (χ0) is 12.4. The van der Waals surface area contributed by atoms with Crippen molar-refractivity contribution in [2.24, 2.45) is 0 Å². The van der Waals surface area contributed by atoms with Gasteiger partial charge >= 0.3 is 5.97 Å². The summed E-state index contributed by atoms with van der Waals surface area (Å²) in [5.41, 5.74) is 0.493. The molecule has 2 aromatic heterocycles. The van der Waals surface area contributed by atoms with Gasteiger partial charge in [0.05, 0.1) is 5.69 Å². The lowest BCUT2D eigenvalue weighted by Gasteiger charge is -2.00. The Balaban J connectivity index is 2.61. The molecule has 2 heterocycles. The average Bonchev–Trinajstić information content (AvgIpc) is 2.67. The van der Waals surface area contributed by atoms with Gasteiger partial charge in [-0.15, -0.1) is 0 Å². The van der Waals surface area contributed by atoms with E-state index in [2.05, 4.69) is 10.1 Å². The summed E-state index contributed by atoms with van der Waals surface area (Å²) in [6.07, 6.45) is 2.10. The molecule has 0 spiro atoms. The Morgan fingerprint density at radius 1 is 1.53 bits per heavy atom. The lowest BCUT2D eigenvalue weighted by Crippen LogP contribution is -2.00. The highest BCUT2D eigenvalue weighted by Crippen LogP contribution is 2.23. The molecule has 88 valence electrons. The Hall–Kier alpha value is -1.88. The number of nitrogens with zero attached hydrogens (tertiary/aromatic N) is 3. The third-order valence-electron chi connectivity index (χ3n) is 2.32. The molecule has 0 aliphatic carbocycles. The van der Waals surface area contributed by atoms with Crippen molar-refractivity contribution in [3.05, 3.63) is 40.8 Å². The number of hydrogen-bond donors (Lipinski definition) is 1. The van der Waals surface area contributed by atoms with Crippen molar-refractivity contribution in [1.82, 2.24) is 14.8 Å². The van der Waals surface area contributed by atoms with E-state index in [-0.39, 0.29) is 10.7 Å². The molecule has 0 unspecified atom stereocenters. The molecule has 0 aromatic carbocycles. The minimum Gasteiger partial charge on any atom is -0.478 e. The maximum Gasteiger partial charge on any atom is 0.340 e. The molecule has 5 nitrogen and oxygen atoms in total. The van der Waals surface area contributed by atoms with Crippen LogP contribution in [0.4, 0.5) is 0 Å². The van der Waals surface area contributed by atoms with E-state index >= 15 is 0 Å². The number of pyridine rings is 1. The minimum absolute atomic E-state index is 0.0415. The first-order chi connectivity index (χ1) is 8.15. The lowest BCUT2D eigenvalue weighted by atomic mass is 10.2. The standard InChI is InChI=1S/C11H10ClN3O2/c1-2-7-9(11(16)17)10(12)15(14-7)8-5-3-4-6-13-8/h3-6H,2H2,1H3,(H,16,17). The molecule has 0 atom stereocenters. The second kappa shape index (κ2) is 4.55. The van der Waals surface area contributed by atoms with Crippen molar-refractivity contribution in [2.75, 3.05) is 0 Å². The van der Waals surface area contributed by atoms with Crippen molar-refractivity contribution in [2.45, 2.75) is 13.3 Å². The number of halogens is 1. The van der Waals surface area contributed by atoms with E-state index in [0.29, 0.717) is 17.9 Å². The molecule has 2 aromatic rings. The zero-order valence-electron chi connectivity index (χ0n) is 9.09. The quantitative estimate of drug-likeness (QED) is 0.908. The van der Waals surface area contributed by atoms with Gasteiger partial charge < -0.3 is 5.11 Å². The molecular weight excluding hydrogens is 242 g/mol. The number of aromatic nitrogens is 3. The predicted octanol–water partition coefficient (Wildman–Crippen LogP) is 2.18. The monoisotopic (exact) mass is 251 g/mol. The van der Waals surface area contributed by atoms with Gasteiger partial charge in [-0.3, -0.25) is 0 Å². The van der Waals surface area contributed by atoms with Crippen LogP contribution in [0.15, 0.2) is 24.4 Å². The average molecular weight is 252 g/mol. The van der Waals surface area contributed by atoms with Crippen molar-refractivity contribution < 1.29 is 9.90 Å². The molecule has 0 amide bonds. The fourth-order valence-corrected chi connectivity index (χ4v) is 1.84. The van der Waals surface area contributed by atoms with Crippen LogP contribution in [-0.2, 0) is 6.42 Å². The Kier molecular flexibility index (Phi) is 3.10. The fraction of sp³-hybridized carbons (Fsp3) is 0.182. The molecule has 0 saturated carbocycles. The maximum absolute atomic E-state index is 11.1. The molecule has 0 bridgehead atoms. The smallest absolute Gasteiger partial charge is 0.340 e. The highest BCUT2D eigenvalue weighted by molar-refractivity contribution is 6.32. The molecule has 0 radical (unpaired) electrons. The highest BCUT2D eigenvalue weighted by Gasteiger charge is 2.22. The van der Waals surface area contributed by atoms with Crippen LogP contribution >= 0.6 is 11.6 Å². The first kappa shape index (κ1) is 11.6. The molecule has 0 fully saturated rings. The summed E-state index contributed by atoms with van der Waals surface area (Å²) in [7, 11) is 0. The Morgan fingerprint density at radius 2 is 2.29 bits per heavy atom. The van der Waals surface area contributed by atoms with E-state index in [9.17, 15) is 4.79 Å². The van der Waals surface area contributed by atoms with E-state index in [1.807, 2.05) is 6.92 Å². The number of aryl methyl sites for hydroxylation is 1. The van der Waals surface area contributed by atoms with Crippen molar-refractivity contribution in [1.29, 1.82) is 0 Å². The van der Waals surface area contributed by atoms with Crippen LogP contribution in [0.25, 0.3) is 5.82 Å². The lowest BCUT2D eigenvalue weighted by molar-refractivity contribution is 0.0696. The summed E-state index contributed by atoms with van der Waals surface area (Å²) >= 11 is 6.02. The van der Waals surface area contributed by atoms with Crippen LogP contribution in [0.5, 0.6) is 0 Å². The van der Waals surface area contributed by atoms with Crippen molar-refractivity contribution in [3.8, 4) is 5.82 Å². The summed E-state index contributed by atoms with van der Waals surface area (Å²) < 4.78 is 1.34. The van der Waals surface area contributed by atoms with Crippen molar-refractivity contribution >= 4 is 17.6 Å². The SMILES string of the molecule is CCc1nn(-c2ccccn2)c(Cl)c1C(=O)O. The number of aromatic carboxylic acids is 1. The van der Waals surface area contributed by atoms with E-state index in [4.69, 9.17) is 16.7 Å². The van der Waals surface area contributed by atoms with E-state index in [1.165, 1.54) is 4.68 Å². The topological polar surface area (TPSA) is 68.0 Å². The maximum atomic E-state index is 11.1. The molecule has 0 aliphatic heterocycles. The summed E-state index contributed by atoms with van der Waals surface area (Å²) in [6, 6.07) is 5.26. The predicted molar refractivity (Wildman–Crippen MR) is 62.7 cm³/mol. The molecule has 2 rings (SSSR count). The van der Waals surface area contributed by atoms with Gasteiger partial charge in [-0.05, 0) is 18.6 Å². The summed E-state index contributed by atoms with van der Waals surface area (Å²) in [5.74, 6) is -0.575. The summed E-state index contributed by atoms with van der Waals surface area (Å²) in [5, 5.41) is 13.3. The first-order valence-electron chi connectivity index (χ1n) is 5.07. The van der Waals surface area contributed by atoms with Crippen molar-refractivity contribution in [3.63, 3.8) is 0 Å². The normalized spacial score (nSPS) is 10.5. The van der Waals surface area contributed by atoms with Gasteiger partial charge in [0.25, 0.3) is 0 Å². The second-order valence-electron chi connectivity index (χ2n) is 3.37. The molecule has 0 aliphatic rings. The van der Waals surface area contributed by atoms with Gasteiger partial charge in [0.2, 0.25) is 0 Å².